The number of nitrogens with zero attached hydrogens (tertiary/aromatic N) is 1. The first-order valence-electron chi connectivity index (χ1n) is 5.31. The normalized spacial score (nSPS) is 10.5. The van der Waals surface area contributed by atoms with Crippen molar-refractivity contribution in [3.05, 3.63) is 53.5 Å². The van der Waals surface area contributed by atoms with Gasteiger partial charge in [-0.1, -0.05) is 18.2 Å². The molecule has 0 amide bonds. The molecule has 0 aliphatic heterocycles. The Hall–Kier alpha value is -1.70. The zero-order chi connectivity index (χ0) is 11.7. The van der Waals surface area contributed by atoms with Crippen molar-refractivity contribution in [2.24, 2.45) is 7.05 Å². The highest BCUT2D eigenvalue weighted by molar-refractivity contribution is 5.61. The van der Waals surface area contributed by atoms with Crippen molar-refractivity contribution >= 4 is 0 Å². The number of hydrogen-bond donors (Lipinski definition) is 0. The smallest absolute Gasteiger partial charge is 0.200 e. The fourth-order valence-electron chi connectivity index (χ4n) is 2.00. The molecule has 1 aromatic carbocycles. The minimum absolute atomic E-state index is 0.170. The van der Waals surface area contributed by atoms with Crippen LogP contribution in [0.5, 0.6) is 0 Å². The molecular weight excluding hydrogens is 201 g/mol. The third kappa shape index (κ3) is 1.83. The summed E-state index contributed by atoms with van der Waals surface area (Å²) >= 11 is 0. The van der Waals surface area contributed by atoms with Gasteiger partial charge in [-0.15, -0.1) is 0 Å². The summed E-state index contributed by atoms with van der Waals surface area (Å²) in [7, 11) is 1.87. The van der Waals surface area contributed by atoms with E-state index in [0.717, 1.165) is 16.7 Å². The molecule has 1 nitrogen and oxygen atoms in total. The SMILES string of the molecule is Cc1cc(F)c(-c2ccccc2C)[n+](C)c1. The lowest BCUT2D eigenvalue weighted by molar-refractivity contribution is -0.662. The molecule has 0 radical (unpaired) electrons. The largest absolute Gasteiger partial charge is 0.248 e. The number of aromatic nitrogens is 1. The molecule has 0 aliphatic carbocycles. The van der Waals surface area contributed by atoms with Crippen molar-refractivity contribution in [2.45, 2.75) is 13.8 Å². The molecule has 2 heteroatoms. The topological polar surface area (TPSA) is 3.88 Å². The van der Waals surface area contributed by atoms with Crippen molar-refractivity contribution in [2.75, 3.05) is 0 Å². The van der Waals surface area contributed by atoms with Crippen LogP contribution in [0.3, 0.4) is 0 Å². The summed E-state index contributed by atoms with van der Waals surface area (Å²) in [5.41, 5.74) is 3.60. The quantitative estimate of drug-likeness (QED) is 0.645. The number of hydrogen-bond acceptors (Lipinski definition) is 0. The summed E-state index contributed by atoms with van der Waals surface area (Å²) in [6.45, 7) is 3.89. The maximum absolute atomic E-state index is 14.0. The van der Waals surface area contributed by atoms with Gasteiger partial charge in [-0.05, 0) is 31.5 Å². The first-order chi connectivity index (χ1) is 7.59. The number of pyridine rings is 1. The summed E-state index contributed by atoms with van der Waals surface area (Å²) in [4.78, 5) is 0. The Morgan fingerprint density at radius 2 is 1.81 bits per heavy atom. The molecule has 0 spiro atoms. The fraction of sp³-hybridized carbons (Fsp3) is 0.214. The number of aryl methyl sites for hydroxylation is 3. The molecule has 1 heterocycles. The maximum Gasteiger partial charge on any atom is 0.248 e. The highest BCUT2D eigenvalue weighted by Crippen LogP contribution is 2.22. The van der Waals surface area contributed by atoms with Crippen LogP contribution < -0.4 is 4.57 Å². The van der Waals surface area contributed by atoms with Crippen LogP contribution in [0, 0.1) is 19.7 Å². The lowest BCUT2D eigenvalue weighted by Gasteiger charge is -2.05. The Kier molecular flexibility index (Phi) is 2.73. The van der Waals surface area contributed by atoms with Gasteiger partial charge in [-0.25, -0.2) is 0 Å². The van der Waals surface area contributed by atoms with E-state index in [1.165, 1.54) is 0 Å². The Morgan fingerprint density at radius 1 is 1.12 bits per heavy atom. The molecule has 0 atom stereocenters. The summed E-state index contributed by atoms with van der Waals surface area (Å²) in [6.07, 6.45) is 1.94. The summed E-state index contributed by atoms with van der Waals surface area (Å²) in [6, 6.07) is 9.41. The van der Waals surface area contributed by atoms with Crippen molar-refractivity contribution in [1.82, 2.24) is 0 Å². The zero-order valence-electron chi connectivity index (χ0n) is 9.79. The van der Waals surface area contributed by atoms with Crippen LogP contribution in [0.2, 0.25) is 0 Å². The van der Waals surface area contributed by atoms with Gasteiger partial charge in [0.25, 0.3) is 0 Å². The van der Waals surface area contributed by atoms with Crippen LogP contribution in [-0.4, -0.2) is 0 Å². The van der Waals surface area contributed by atoms with Crippen molar-refractivity contribution in [3.8, 4) is 11.3 Å². The molecule has 2 aromatic rings. The molecule has 2 rings (SSSR count). The van der Waals surface area contributed by atoms with E-state index in [2.05, 4.69) is 0 Å². The van der Waals surface area contributed by atoms with Gasteiger partial charge in [-0.3, -0.25) is 0 Å². The third-order valence-corrected chi connectivity index (χ3v) is 2.73. The van der Waals surface area contributed by atoms with E-state index in [4.69, 9.17) is 0 Å². The monoisotopic (exact) mass is 216 g/mol. The van der Waals surface area contributed by atoms with Crippen LogP contribution in [0.25, 0.3) is 11.3 Å². The van der Waals surface area contributed by atoms with Gasteiger partial charge in [0.1, 0.15) is 7.05 Å². The fourth-order valence-corrected chi connectivity index (χ4v) is 2.00. The Balaban J connectivity index is 2.70. The first kappa shape index (κ1) is 10.8. The second kappa shape index (κ2) is 4.05. The summed E-state index contributed by atoms with van der Waals surface area (Å²) in [5, 5.41) is 0. The summed E-state index contributed by atoms with van der Waals surface area (Å²) in [5.74, 6) is -0.170. The van der Waals surface area contributed by atoms with Crippen molar-refractivity contribution in [3.63, 3.8) is 0 Å². The maximum atomic E-state index is 14.0. The molecule has 0 N–H and O–H groups in total. The van der Waals surface area contributed by atoms with Gasteiger partial charge >= 0.3 is 0 Å². The van der Waals surface area contributed by atoms with Gasteiger partial charge in [0.05, 0.1) is 5.56 Å². The minimum Gasteiger partial charge on any atom is -0.200 e. The second-order valence-corrected chi connectivity index (χ2v) is 4.14. The van der Waals surface area contributed by atoms with E-state index >= 15 is 0 Å². The molecule has 0 fully saturated rings. The van der Waals surface area contributed by atoms with Gasteiger partial charge in [0.15, 0.2) is 12.0 Å². The molecule has 0 saturated heterocycles. The second-order valence-electron chi connectivity index (χ2n) is 4.14. The van der Waals surface area contributed by atoms with E-state index in [1.807, 2.05) is 55.9 Å². The van der Waals surface area contributed by atoms with E-state index in [0.29, 0.717) is 5.69 Å². The van der Waals surface area contributed by atoms with Crippen LogP contribution >= 0.6 is 0 Å². The van der Waals surface area contributed by atoms with Crippen LogP contribution in [0.4, 0.5) is 4.39 Å². The minimum atomic E-state index is -0.170. The number of benzene rings is 1. The summed E-state index contributed by atoms with van der Waals surface area (Å²) < 4.78 is 15.8. The van der Waals surface area contributed by atoms with Crippen LogP contribution in [0.1, 0.15) is 11.1 Å². The van der Waals surface area contributed by atoms with Gasteiger partial charge in [0.2, 0.25) is 5.69 Å². The van der Waals surface area contributed by atoms with E-state index < -0.39 is 0 Å². The lowest BCUT2D eigenvalue weighted by Crippen LogP contribution is -2.32. The Morgan fingerprint density at radius 3 is 2.44 bits per heavy atom. The molecule has 82 valence electrons. The average molecular weight is 216 g/mol. The predicted octanol–water partition coefficient (Wildman–Crippen LogP) is 2.93. The van der Waals surface area contributed by atoms with E-state index in [9.17, 15) is 4.39 Å². The Bertz CT molecular complexity index is 509. The number of rotatable bonds is 1. The predicted molar refractivity (Wildman–Crippen MR) is 62.5 cm³/mol. The highest BCUT2D eigenvalue weighted by atomic mass is 19.1. The average Bonchev–Trinajstić information content (AvgIpc) is 2.19. The van der Waals surface area contributed by atoms with E-state index in [1.54, 1.807) is 6.07 Å². The standard InChI is InChI=1S/C14H15FN/c1-10-8-13(15)14(16(3)9-10)12-7-5-4-6-11(12)2/h4-9H,1-3H3/q+1. The van der Waals surface area contributed by atoms with Crippen LogP contribution in [-0.2, 0) is 7.05 Å². The third-order valence-electron chi connectivity index (χ3n) is 2.73. The molecule has 16 heavy (non-hydrogen) atoms. The van der Waals surface area contributed by atoms with Gasteiger partial charge in [0, 0.05) is 5.56 Å². The molecule has 0 unspecified atom stereocenters. The van der Waals surface area contributed by atoms with Crippen molar-refractivity contribution < 1.29 is 8.96 Å². The Labute approximate surface area is 95.2 Å². The molecule has 0 aliphatic rings. The van der Waals surface area contributed by atoms with E-state index in [-0.39, 0.29) is 5.82 Å². The first-order valence-corrected chi connectivity index (χ1v) is 5.31. The van der Waals surface area contributed by atoms with Gasteiger partial charge in [-0.2, -0.15) is 8.96 Å². The molecular formula is C14H15FN+. The zero-order valence-corrected chi connectivity index (χ0v) is 9.79. The highest BCUT2D eigenvalue weighted by Gasteiger charge is 2.18. The lowest BCUT2D eigenvalue weighted by atomic mass is 10.0. The van der Waals surface area contributed by atoms with Crippen molar-refractivity contribution in [1.29, 1.82) is 0 Å². The molecule has 0 bridgehead atoms. The van der Waals surface area contributed by atoms with Gasteiger partial charge < -0.3 is 0 Å². The van der Waals surface area contributed by atoms with Crippen LogP contribution in [0.15, 0.2) is 36.5 Å². The number of halogens is 1. The molecule has 1 aromatic heterocycles. The molecule has 0 saturated carbocycles.